The van der Waals surface area contributed by atoms with Crippen molar-refractivity contribution in [2.45, 2.75) is 19.3 Å². The fraction of sp³-hybridized carbons (Fsp3) is 0.120. The first-order valence-corrected chi connectivity index (χ1v) is 10.2. The van der Waals surface area contributed by atoms with Gasteiger partial charge in [-0.05, 0) is 54.2 Å². The lowest BCUT2D eigenvalue weighted by molar-refractivity contribution is 0.101. The standard InChI is InChI=1S/C25H18F2N4O/c26-21-13-29-14-22(27)23(21)25(32)31-19-9-17-4-1-3-15-6-7-16(18-5-2-8-28-11-18)10-20(15)24(17)30-12-19/h2,5-14H,1,3-4H2,(H,31,32). The van der Waals surface area contributed by atoms with Gasteiger partial charge in [-0.25, -0.2) is 8.78 Å². The number of amides is 1. The Labute approximate surface area is 183 Å². The number of anilines is 1. The van der Waals surface area contributed by atoms with Gasteiger partial charge in [0.05, 0.1) is 30.0 Å². The van der Waals surface area contributed by atoms with E-state index in [-0.39, 0.29) is 0 Å². The first kappa shape index (κ1) is 19.9. The number of rotatable bonds is 3. The highest BCUT2D eigenvalue weighted by Gasteiger charge is 2.20. The largest absolute Gasteiger partial charge is 0.320 e. The molecule has 32 heavy (non-hydrogen) atoms. The molecule has 4 aromatic rings. The van der Waals surface area contributed by atoms with Crippen molar-refractivity contribution in [3.8, 4) is 22.4 Å². The van der Waals surface area contributed by atoms with Gasteiger partial charge in [0.25, 0.3) is 5.91 Å². The molecule has 0 saturated carbocycles. The van der Waals surface area contributed by atoms with Gasteiger partial charge in [-0.3, -0.25) is 19.7 Å². The molecule has 0 atom stereocenters. The Morgan fingerprint density at radius 2 is 1.69 bits per heavy atom. The van der Waals surface area contributed by atoms with Crippen LogP contribution in [0.15, 0.2) is 67.4 Å². The molecule has 3 heterocycles. The number of benzene rings is 1. The predicted octanol–water partition coefficient (Wildman–Crippen LogP) is 5.22. The number of carbonyl (C=O) groups is 1. The van der Waals surface area contributed by atoms with Gasteiger partial charge in [-0.2, -0.15) is 0 Å². The normalized spacial score (nSPS) is 12.4. The van der Waals surface area contributed by atoms with E-state index in [1.165, 1.54) is 11.8 Å². The first-order valence-electron chi connectivity index (χ1n) is 10.2. The minimum Gasteiger partial charge on any atom is -0.320 e. The molecule has 1 aliphatic rings. The lowest BCUT2D eigenvalue weighted by Crippen LogP contribution is -2.16. The number of nitrogens with zero attached hydrogens (tertiary/aromatic N) is 3. The topological polar surface area (TPSA) is 67.8 Å². The Morgan fingerprint density at radius 1 is 0.875 bits per heavy atom. The summed E-state index contributed by atoms with van der Waals surface area (Å²) in [5.41, 5.74) is 5.86. The van der Waals surface area contributed by atoms with Crippen LogP contribution >= 0.6 is 0 Å². The number of carbonyl (C=O) groups excluding carboxylic acids is 1. The maximum Gasteiger partial charge on any atom is 0.261 e. The van der Waals surface area contributed by atoms with Gasteiger partial charge in [0.1, 0.15) is 5.56 Å². The third kappa shape index (κ3) is 3.73. The zero-order valence-electron chi connectivity index (χ0n) is 17.0. The highest BCUT2D eigenvalue weighted by molar-refractivity contribution is 6.04. The summed E-state index contributed by atoms with van der Waals surface area (Å²) >= 11 is 0. The molecule has 0 unspecified atom stereocenters. The second-order valence-electron chi connectivity index (χ2n) is 7.63. The summed E-state index contributed by atoms with van der Waals surface area (Å²) in [4.78, 5) is 24.7. The molecule has 3 aromatic heterocycles. The van der Waals surface area contributed by atoms with E-state index in [1.54, 1.807) is 6.20 Å². The van der Waals surface area contributed by atoms with Crippen molar-refractivity contribution in [1.29, 1.82) is 0 Å². The van der Waals surface area contributed by atoms with Crippen LogP contribution in [0.4, 0.5) is 14.5 Å². The van der Waals surface area contributed by atoms with Crippen molar-refractivity contribution >= 4 is 11.6 Å². The molecule has 5 rings (SSSR count). The zero-order chi connectivity index (χ0) is 22.1. The molecule has 0 radical (unpaired) electrons. The highest BCUT2D eigenvalue weighted by Crippen LogP contribution is 2.35. The average molecular weight is 428 g/mol. The third-order valence-corrected chi connectivity index (χ3v) is 5.56. The van der Waals surface area contributed by atoms with Crippen LogP contribution in [0, 0.1) is 11.6 Å². The van der Waals surface area contributed by atoms with E-state index in [1.807, 2.05) is 24.4 Å². The Morgan fingerprint density at radius 3 is 2.47 bits per heavy atom. The summed E-state index contributed by atoms with van der Waals surface area (Å²) in [7, 11) is 0. The molecule has 158 valence electrons. The number of nitrogens with one attached hydrogen (secondary N) is 1. The minimum absolute atomic E-state index is 0.385. The molecule has 0 spiro atoms. The van der Waals surface area contributed by atoms with E-state index in [4.69, 9.17) is 0 Å². The van der Waals surface area contributed by atoms with Crippen molar-refractivity contribution in [3.05, 3.63) is 95.7 Å². The SMILES string of the molecule is O=C(Nc1cnc2c(c1)CCCc1ccc(-c3cccnc3)cc1-2)c1c(F)cncc1F. The second kappa shape index (κ2) is 8.26. The molecule has 0 saturated heterocycles. The molecule has 0 aliphatic heterocycles. The van der Waals surface area contributed by atoms with Crippen LogP contribution in [0.25, 0.3) is 22.4 Å². The van der Waals surface area contributed by atoms with E-state index in [2.05, 4.69) is 38.5 Å². The zero-order valence-corrected chi connectivity index (χ0v) is 17.0. The lowest BCUT2D eigenvalue weighted by atomic mass is 9.96. The summed E-state index contributed by atoms with van der Waals surface area (Å²) in [6, 6.07) is 12.1. The quantitative estimate of drug-likeness (QED) is 0.486. The molecule has 0 bridgehead atoms. The number of aryl methyl sites for hydroxylation is 2. The van der Waals surface area contributed by atoms with Crippen molar-refractivity contribution in [2.75, 3.05) is 5.32 Å². The van der Waals surface area contributed by atoms with Crippen LogP contribution in [0.3, 0.4) is 0 Å². The molecule has 1 amide bonds. The van der Waals surface area contributed by atoms with E-state index < -0.39 is 23.1 Å². The van der Waals surface area contributed by atoms with Gasteiger partial charge in [-0.15, -0.1) is 0 Å². The smallest absolute Gasteiger partial charge is 0.261 e. The van der Waals surface area contributed by atoms with Gasteiger partial charge >= 0.3 is 0 Å². The second-order valence-corrected chi connectivity index (χ2v) is 7.63. The van der Waals surface area contributed by atoms with Crippen LogP contribution in [-0.4, -0.2) is 20.9 Å². The van der Waals surface area contributed by atoms with E-state index >= 15 is 0 Å². The number of fused-ring (bicyclic) bond motifs is 3. The van der Waals surface area contributed by atoms with E-state index in [0.29, 0.717) is 5.69 Å². The monoisotopic (exact) mass is 428 g/mol. The van der Waals surface area contributed by atoms with Crippen LogP contribution in [-0.2, 0) is 12.8 Å². The summed E-state index contributed by atoms with van der Waals surface area (Å²) < 4.78 is 27.8. The van der Waals surface area contributed by atoms with E-state index in [9.17, 15) is 13.6 Å². The molecule has 5 nitrogen and oxygen atoms in total. The van der Waals surface area contributed by atoms with Crippen LogP contribution in [0.5, 0.6) is 0 Å². The maximum atomic E-state index is 13.9. The minimum atomic E-state index is -1.01. The fourth-order valence-electron chi connectivity index (χ4n) is 4.03. The number of pyridine rings is 3. The highest BCUT2D eigenvalue weighted by atomic mass is 19.1. The molecular formula is C25H18F2N4O. The maximum absolute atomic E-state index is 13.9. The Balaban J connectivity index is 1.50. The van der Waals surface area contributed by atoms with Gasteiger partial charge in [0, 0.05) is 23.5 Å². The molecule has 1 aliphatic carbocycles. The molecule has 0 fully saturated rings. The third-order valence-electron chi connectivity index (χ3n) is 5.56. The summed E-state index contributed by atoms with van der Waals surface area (Å²) in [5.74, 6) is -2.90. The summed E-state index contributed by atoms with van der Waals surface area (Å²) in [6.07, 6.45) is 9.31. The van der Waals surface area contributed by atoms with Gasteiger partial charge in [0.2, 0.25) is 0 Å². The Hall–Kier alpha value is -4.00. The number of halogens is 2. The van der Waals surface area contributed by atoms with Crippen LogP contribution < -0.4 is 5.32 Å². The number of hydrogen-bond donors (Lipinski definition) is 1. The Kier molecular flexibility index (Phi) is 5.15. The van der Waals surface area contributed by atoms with Crippen LogP contribution in [0.2, 0.25) is 0 Å². The number of hydrogen-bond acceptors (Lipinski definition) is 4. The van der Waals surface area contributed by atoms with Crippen molar-refractivity contribution in [3.63, 3.8) is 0 Å². The van der Waals surface area contributed by atoms with Gasteiger partial charge in [-0.1, -0.05) is 18.2 Å². The molecule has 7 heteroatoms. The van der Waals surface area contributed by atoms with Gasteiger partial charge in [0.15, 0.2) is 11.6 Å². The van der Waals surface area contributed by atoms with Crippen molar-refractivity contribution in [2.24, 2.45) is 0 Å². The molecule has 1 N–H and O–H groups in total. The Bertz CT molecular complexity index is 1300. The lowest BCUT2D eigenvalue weighted by Gasteiger charge is -2.13. The fourth-order valence-corrected chi connectivity index (χ4v) is 4.03. The number of aromatic nitrogens is 3. The summed E-state index contributed by atoms with van der Waals surface area (Å²) in [6.45, 7) is 0. The van der Waals surface area contributed by atoms with Crippen molar-refractivity contribution < 1.29 is 13.6 Å². The van der Waals surface area contributed by atoms with Gasteiger partial charge < -0.3 is 5.32 Å². The van der Waals surface area contributed by atoms with Crippen LogP contribution in [0.1, 0.15) is 27.9 Å². The van der Waals surface area contributed by atoms with Crippen molar-refractivity contribution in [1.82, 2.24) is 15.0 Å². The first-order chi connectivity index (χ1) is 15.6. The predicted molar refractivity (Wildman–Crippen MR) is 117 cm³/mol. The summed E-state index contributed by atoms with van der Waals surface area (Å²) in [5, 5.41) is 2.55. The average Bonchev–Trinajstić information content (AvgIpc) is 2.98. The molecule has 1 aromatic carbocycles. The van der Waals surface area contributed by atoms with E-state index in [0.717, 1.165) is 59.6 Å². The molecular weight excluding hydrogens is 410 g/mol.